The zero-order chi connectivity index (χ0) is 17.1. The lowest BCUT2D eigenvalue weighted by atomic mass is 10.1. The van der Waals surface area contributed by atoms with Crippen LogP contribution in [0.25, 0.3) is 11.3 Å². The summed E-state index contributed by atoms with van der Waals surface area (Å²) >= 11 is 0. The first kappa shape index (κ1) is 15.7. The van der Waals surface area contributed by atoms with E-state index >= 15 is 0 Å². The molecule has 24 heavy (non-hydrogen) atoms. The Morgan fingerprint density at radius 1 is 1.17 bits per heavy atom. The third-order valence-corrected chi connectivity index (χ3v) is 3.36. The van der Waals surface area contributed by atoms with Crippen LogP contribution in [0.1, 0.15) is 10.5 Å². The number of H-pyrrole nitrogens is 1. The number of aromatic nitrogens is 2. The van der Waals surface area contributed by atoms with Gasteiger partial charge in [-0.3, -0.25) is 9.89 Å². The Kier molecular flexibility index (Phi) is 4.24. The number of methoxy groups -OCH3 is 1. The van der Waals surface area contributed by atoms with Crippen LogP contribution in [0.5, 0.6) is 5.75 Å². The molecule has 0 saturated heterocycles. The number of nitrogens with one attached hydrogen (secondary N) is 2. The standard InChI is InChI=1S/C17H13F2N3O2/c1-24-12-4-2-3-10(7-12)14-9-16(22-21-14)17(23)20-15-8-11(18)5-6-13(15)19/h2-9H,1H3,(H,20,23)(H,21,22). The molecule has 0 atom stereocenters. The van der Waals surface area contributed by atoms with Gasteiger partial charge in [0.05, 0.1) is 18.5 Å². The lowest BCUT2D eigenvalue weighted by Gasteiger charge is -2.04. The smallest absolute Gasteiger partial charge is 0.273 e. The number of nitrogens with zero attached hydrogens (tertiary/aromatic N) is 1. The number of ether oxygens (including phenoxy) is 1. The van der Waals surface area contributed by atoms with Crippen molar-refractivity contribution >= 4 is 11.6 Å². The molecule has 0 unspecified atom stereocenters. The first-order valence-corrected chi connectivity index (χ1v) is 7.03. The van der Waals surface area contributed by atoms with Gasteiger partial charge in [-0.1, -0.05) is 12.1 Å². The van der Waals surface area contributed by atoms with E-state index in [0.717, 1.165) is 23.8 Å². The lowest BCUT2D eigenvalue weighted by Crippen LogP contribution is -2.13. The molecule has 3 aromatic rings. The van der Waals surface area contributed by atoms with Crippen molar-refractivity contribution in [3.8, 4) is 17.0 Å². The molecule has 122 valence electrons. The molecule has 0 saturated carbocycles. The van der Waals surface area contributed by atoms with Crippen LogP contribution < -0.4 is 10.1 Å². The summed E-state index contributed by atoms with van der Waals surface area (Å²) in [6.45, 7) is 0. The summed E-state index contributed by atoms with van der Waals surface area (Å²) < 4.78 is 31.9. The predicted molar refractivity (Wildman–Crippen MR) is 84.9 cm³/mol. The second kappa shape index (κ2) is 6.49. The molecule has 0 spiro atoms. The fourth-order valence-corrected chi connectivity index (χ4v) is 2.15. The first-order chi connectivity index (χ1) is 11.6. The Morgan fingerprint density at radius 3 is 2.79 bits per heavy atom. The summed E-state index contributed by atoms with van der Waals surface area (Å²) in [6.07, 6.45) is 0. The Bertz CT molecular complexity index is 893. The molecular weight excluding hydrogens is 316 g/mol. The molecule has 0 bridgehead atoms. The van der Waals surface area contributed by atoms with Crippen LogP contribution in [0.4, 0.5) is 14.5 Å². The van der Waals surface area contributed by atoms with Crippen molar-refractivity contribution in [1.82, 2.24) is 10.2 Å². The Balaban J connectivity index is 1.82. The number of carbonyl (C=O) groups is 1. The molecule has 2 N–H and O–H groups in total. The highest BCUT2D eigenvalue weighted by molar-refractivity contribution is 6.03. The van der Waals surface area contributed by atoms with E-state index in [4.69, 9.17) is 4.74 Å². The van der Waals surface area contributed by atoms with Crippen LogP contribution in [0, 0.1) is 11.6 Å². The maximum absolute atomic E-state index is 13.6. The minimum atomic E-state index is -0.725. The fraction of sp³-hybridized carbons (Fsp3) is 0.0588. The molecule has 1 heterocycles. The second-order valence-corrected chi connectivity index (χ2v) is 4.98. The highest BCUT2D eigenvalue weighted by Gasteiger charge is 2.14. The van der Waals surface area contributed by atoms with Crippen molar-refractivity contribution in [2.24, 2.45) is 0 Å². The fourth-order valence-electron chi connectivity index (χ4n) is 2.15. The maximum Gasteiger partial charge on any atom is 0.273 e. The normalized spacial score (nSPS) is 10.5. The van der Waals surface area contributed by atoms with Crippen molar-refractivity contribution in [2.75, 3.05) is 12.4 Å². The van der Waals surface area contributed by atoms with Gasteiger partial charge in [-0.25, -0.2) is 8.78 Å². The number of carbonyl (C=O) groups excluding carboxylic acids is 1. The van der Waals surface area contributed by atoms with Crippen LogP contribution in [0.15, 0.2) is 48.5 Å². The SMILES string of the molecule is COc1cccc(-c2cc(C(=O)Nc3cc(F)ccc3F)[nH]n2)c1. The number of hydrogen-bond acceptors (Lipinski definition) is 3. The van der Waals surface area contributed by atoms with Gasteiger partial charge < -0.3 is 10.1 Å². The highest BCUT2D eigenvalue weighted by atomic mass is 19.1. The highest BCUT2D eigenvalue weighted by Crippen LogP contribution is 2.23. The van der Waals surface area contributed by atoms with E-state index < -0.39 is 17.5 Å². The van der Waals surface area contributed by atoms with Gasteiger partial charge in [0, 0.05) is 11.6 Å². The van der Waals surface area contributed by atoms with Crippen LogP contribution >= 0.6 is 0 Å². The number of anilines is 1. The van der Waals surface area contributed by atoms with Crippen LogP contribution in [0.3, 0.4) is 0 Å². The quantitative estimate of drug-likeness (QED) is 0.768. The average Bonchev–Trinajstić information content (AvgIpc) is 3.08. The summed E-state index contributed by atoms with van der Waals surface area (Å²) in [7, 11) is 1.55. The third kappa shape index (κ3) is 3.24. The molecule has 0 fully saturated rings. The third-order valence-electron chi connectivity index (χ3n) is 3.36. The van der Waals surface area contributed by atoms with Gasteiger partial charge in [-0.15, -0.1) is 0 Å². The van der Waals surface area contributed by atoms with Crippen LogP contribution in [-0.2, 0) is 0 Å². The molecule has 0 aliphatic heterocycles. The summed E-state index contributed by atoms with van der Waals surface area (Å²) in [6, 6.07) is 11.5. The van der Waals surface area contributed by atoms with Crippen molar-refractivity contribution < 1.29 is 18.3 Å². The molecule has 2 aromatic carbocycles. The van der Waals surface area contributed by atoms with E-state index in [1.807, 2.05) is 6.07 Å². The summed E-state index contributed by atoms with van der Waals surface area (Å²) in [4.78, 5) is 12.1. The molecule has 1 amide bonds. The van der Waals surface area contributed by atoms with Gasteiger partial charge in [0.1, 0.15) is 23.1 Å². The Hall–Kier alpha value is -3.22. The van der Waals surface area contributed by atoms with Crippen molar-refractivity contribution in [1.29, 1.82) is 0 Å². The van der Waals surface area contributed by atoms with Gasteiger partial charge in [0.25, 0.3) is 5.91 Å². The minimum absolute atomic E-state index is 0.122. The molecule has 0 aliphatic rings. The van der Waals surface area contributed by atoms with E-state index in [2.05, 4.69) is 15.5 Å². The molecule has 5 nitrogen and oxygen atoms in total. The number of halogens is 2. The lowest BCUT2D eigenvalue weighted by molar-refractivity contribution is 0.102. The van der Waals surface area contributed by atoms with Crippen molar-refractivity contribution in [2.45, 2.75) is 0 Å². The monoisotopic (exact) mass is 329 g/mol. The largest absolute Gasteiger partial charge is 0.497 e. The number of aromatic amines is 1. The first-order valence-electron chi connectivity index (χ1n) is 7.03. The molecule has 7 heteroatoms. The Labute approximate surface area is 136 Å². The van der Waals surface area contributed by atoms with E-state index in [0.29, 0.717) is 11.4 Å². The van der Waals surface area contributed by atoms with Crippen LogP contribution in [0.2, 0.25) is 0 Å². The number of rotatable bonds is 4. The zero-order valence-electron chi connectivity index (χ0n) is 12.6. The van der Waals surface area contributed by atoms with E-state index in [1.54, 1.807) is 25.3 Å². The van der Waals surface area contributed by atoms with Gasteiger partial charge in [0.15, 0.2) is 0 Å². The predicted octanol–water partition coefficient (Wildman–Crippen LogP) is 3.62. The Morgan fingerprint density at radius 2 is 2.00 bits per heavy atom. The number of amides is 1. The van der Waals surface area contributed by atoms with E-state index in [9.17, 15) is 13.6 Å². The summed E-state index contributed by atoms with van der Waals surface area (Å²) in [5, 5.41) is 8.94. The second-order valence-electron chi connectivity index (χ2n) is 4.98. The molecule has 1 aromatic heterocycles. The van der Waals surface area contributed by atoms with Crippen molar-refractivity contribution in [3.63, 3.8) is 0 Å². The summed E-state index contributed by atoms with van der Waals surface area (Å²) in [5.41, 5.74) is 1.16. The van der Waals surface area contributed by atoms with E-state index in [1.165, 1.54) is 6.07 Å². The molecule has 3 rings (SSSR count). The average molecular weight is 329 g/mol. The maximum atomic E-state index is 13.6. The van der Waals surface area contributed by atoms with Gasteiger partial charge in [-0.05, 0) is 30.3 Å². The zero-order valence-corrected chi connectivity index (χ0v) is 12.6. The molecular formula is C17H13F2N3O2. The van der Waals surface area contributed by atoms with E-state index in [-0.39, 0.29) is 11.4 Å². The molecule has 0 radical (unpaired) electrons. The van der Waals surface area contributed by atoms with Gasteiger partial charge in [-0.2, -0.15) is 5.10 Å². The van der Waals surface area contributed by atoms with Gasteiger partial charge in [0.2, 0.25) is 0 Å². The topological polar surface area (TPSA) is 67.0 Å². The molecule has 0 aliphatic carbocycles. The van der Waals surface area contributed by atoms with Crippen LogP contribution in [-0.4, -0.2) is 23.2 Å². The number of benzene rings is 2. The number of hydrogen-bond donors (Lipinski definition) is 2. The summed E-state index contributed by atoms with van der Waals surface area (Å²) in [5.74, 6) is -1.34. The van der Waals surface area contributed by atoms with Gasteiger partial charge >= 0.3 is 0 Å². The minimum Gasteiger partial charge on any atom is -0.497 e. The van der Waals surface area contributed by atoms with Crippen molar-refractivity contribution in [3.05, 3.63) is 65.9 Å².